The molecule has 0 saturated heterocycles. The average Bonchev–Trinajstić information content (AvgIpc) is 2.02. The van der Waals surface area contributed by atoms with Crippen molar-refractivity contribution in [3.8, 4) is 0 Å². The number of rotatable bonds is 3. The van der Waals surface area contributed by atoms with Gasteiger partial charge in [-0.05, 0) is 23.0 Å². The summed E-state index contributed by atoms with van der Waals surface area (Å²) in [4.78, 5) is 0. The van der Waals surface area contributed by atoms with Crippen LogP contribution in [0.3, 0.4) is 0 Å². The molecule has 0 N–H and O–H groups in total. The highest BCUT2D eigenvalue weighted by Crippen LogP contribution is 2.13. The van der Waals surface area contributed by atoms with Gasteiger partial charge in [0.25, 0.3) is 0 Å². The van der Waals surface area contributed by atoms with Crippen molar-refractivity contribution in [2.75, 3.05) is 0 Å². The lowest BCUT2D eigenvalue weighted by Crippen LogP contribution is -1.74. The van der Waals surface area contributed by atoms with E-state index in [4.69, 9.17) is 0 Å². The molecule has 0 unspecified atom stereocenters. The first-order valence-electron chi connectivity index (χ1n) is 3.60. The third-order valence-corrected chi connectivity index (χ3v) is 1.98. The van der Waals surface area contributed by atoms with Gasteiger partial charge in [-0.25, -0.2) is 0 Å². The molecule has 0 radical (unpaired) electrons. The first-order chi connectivity index (χ1) is 5.60. The maximum atomic E-state index is 3.65. The molecule has 0 aliphatic heterocycles. The van der Waals surface area contributed by atoms with E-state index in [2.05, 4.69) is 38.4 Å². The molecule has 0 aromatic rings. The van der Waals surface area contributed by atoms with Crippen molar-refractivity contribution in [2.24, 2.45) is 0 Å². The number of halogens is 2. The van der Waals surface area contributed by atoms with Gasteiger partial charge in [-0.3, -0.25) is 0 Å². The van der Waals surface area contributed by atoms with E-state index in [1.807, 2.05) is 33.0 Å². The van der Waals surface area contributed by atoms with Gasteiger partial charge in [0.2, 0.25) is 0 Å². The standard InChI is InChI=1S/C9H11BBr2/c1-3-7(6-9(10)12)5-8(11)4-2/h3-6H,2,10H2,1H3/b7-3+,8-5+,9-6-. The van der Waals surface area contributed by atoms with Gasteiger partial charge in [0, 0.05) is 4.48 Å². The largest absolute Gasteiger partial charge is 0.148 e. The minimum atomic E-state index is 0.987. The lowest BCUT2D eigenvalue weighted by molar-refractivity contribution is 1.60. The predicted molar refractivity (Wildman–Crippen MR) is 66.5 cm³/mol. The fourth-order valence-corrected chi connectivity index (χ4v) is 1.18. The summed E-state index contributed by atoms with van der Waals surface area (Å²) in [5, 5.41) is 0. The topological polar surface area (TPSA) is 0 Å². The lowest BCUT2D eigenvalue weighted by Gasteiger charge is -1.94. The Bertz CT molecular complexity index is 245. The van der Waals surface area contributed by atoms with Gasteiger partial charge in [0.1, 0.15) is 7.85 Å². The van der Waals surface area contributed by atoms with E-state index in [1.54, 1.807) is 6.08 Å². The summed E-state index contributed by atoms with van der Waals surface area (Å²) < 4.78 is 2.09. The van der Waals surface area contributed by atoms with Crippen LogP contribution in [0.4, 0.5) is 0 Å². The van der Waals surface area contributed by atoms with Crippen LogP contribution < -0.4 is 0 Å². The van der Waals surface area contributed by atoms with Crippen LogP contribution in [0.5, 0.6) is 0 Å². The second kappa shape index (κ2) is 6.50. The van der Waals surface area contributed by atoms with E-state index < -0.39 is 0 Å². The van der Waals surface area contributed by atoms with Crippen molar-refractivity contribution < 1.29 is 0 Å². The van der Waals surface area contributed by atoms with Crippen molar-refractivity contribution in [1.82, 2.24) is 0 Å². The highest BCUT2D eigenvalue weighted by molar-refractivity contribution is 9.12. The molecular weight excluding hydrogens is 279 g/mol. The molecule has 0 aliphatic rings. The summed E-state index contributed by atoms with van der Waals surface area (Å²) in [6.45, 7) is 5.65. The minimum Gasteiger partial charge on any atom is -0.0979 e. The zero-order valence-corrected chi connectivity index (χ0v) is 10.4. The zero-order valence-electron chi connectivity index (χ0n) is 7.27. The summed E-state index contributed by atoms with van der Waals surface area (Å²) in [6.07, 6.45) is 7.86. The first kappa shape index (κ1) is 12.0. The molecule has 0 amide bonds. The van der Waals surface area contributed by atoms with E-state index in [0.29, 0.717) is 0 Å². The molecule has 3 heteroatoms. The van der Waals surface area contributed by atoms with Crippen LogP contribution in [0.25, 0.3) is 0 Å². The second-order valence-electron chi connectivity index (χ2n) is 2.25. The van der Waals surface area contributed by atoms with Gasteiger partial charge in [-0.1, -0.05) is 56.7 Å². The smallest absolute Gasteiger partial charge is 0.0979 e. The van der Waals surface area contributed by atoms with E-state index >= 15 is 0 Å². The Morgan fingerprint density at radius 3 is 2.25 bits per heavy atom. The van der Waals surface area contributed by atoms with Crippen LogP contribution >= 0.6 is 31.9 Å². The van der Waals surface area contributed by atoms with Crippen molar-refractivity contribution in [3.05, 3.63) is 45.3 Å². The molecule has 0 aromatic heterocycles. The van der Waals surface area contributed by atoms with Gasteiger partial charge in [-0.15, -0.1) is 0 Å². The highest BCUT2D eigenvalue weighted by atomic mass is 79.9. The van der Waals surface area contributed by atoms with Crippen LogP contribution in [-0.4, -0.2) is 7.85 Å². The molecule has 64 valence electrons. The summed E-state index contributed by atoms with van der Waals surface area (Å²) in [7, 11) is 2.00. The van der Waals surface area contributed by atoms with Crippen molar-refractivity contribution in [3.63, 3.8) is 0 Å². The highest BCUT2D eigenvalue weighted by Gasteiger charge is 1.88. The maximum absolute atomic E-state index is 3.65. The minimum absolute atomic E-state index is 0.987. The van der Waals surface area contributed by atoms with Gasteiger partial charge in [0.15, 0.2) is 0 Å². The van der Waals surface area contributed by atoms with E-state index in [1.165, 1.54) is 0 Å². The molecule has 0 bridgehead atoms. The van der Waals surface area contributed by atoms with E-state index in [0.717, 1.165) is 14.4 Å². The SMILES string of the molecule is B/C(Br)=C/C(=C/C)/C=C(/Br)C=C. The third kappa shape index (κ3) is 5.61. The molecule has 0 saturated carbocycles. The lowest BCUT2D eigenvalue weighted by atomic mass is 10.1. The Morgan fingerprint density at radius 2 is 1.92 bits per heavy atom. The maximum Gasteiger partial charge on any atom is 0.148 e. The molecule has 0 aromatic carbocycles. The van der Waals surface area contributed by atoms with Crippen molar-refractivity contribution in [2.45, 2.75) is 6.92 Å². The number of allylic oxidation sites excluding steroid dienone is 6. The fourth-order valence-electron chi connectivity index (χ4n) is 0.656. The predicted octanol–water partition coefficient (Wildman–Crippen LogP) is 3.27. The quantitative estimate of drug-likeness (QED) is 0.553. The molecular formula is C9H11BBr2. The Balaban J connectivity index is 4.62. The summed E-state index contributed by atoms with van der Waals surface area (Å²) in [5.41, 5.74) is 1.15. The second-order valence-corrected chi connectivity index (χ2v) is 4.42. The van der Waals surface area contributed by atoms with E-state index in [-0.39, 0.29) is 0 Å². The van der Waals surface area contributed by atoms with Crippen LogP contribution in [0.1, 0.15) is 6.92 Å². The van der Waals surface area contributed by atoms with Crippen LogP contribution in [0.2, 0.25) is 0 Å². The molecule has 0 aliphatic carbocycles. The molecule has 0 nitrogen and oxygen atoms in total. The Morgan fingerprint density at radius 1 is 1.33 bits per heavy atom. The van der Waals surface area contributed by atoms with Crippen LogP contribution in [0, 0.1) is 0 Å². The Hall–Kier alpha value is -0.0151. The summed E-state index contributed by atoms with van der Waals surface area (Å²) in [5.74, 6) is 0. The average molecular weight is 290 g/mol. The van der Waals surface area contributed by atoms with E-state index in [9.17, 15) is 0 Å². The molecule has 0 atom stereocenters. The molecule has 0 fully saturated rings. The van der Waals surface area contributed by atoms with Crippen LogP contribution in [-0.2, 0) is 0 Å². The van der Waals surface area contributed by atoms with Crippen molar-refractivity contribution in [1.29, 1.82) is 0 Å². The van der Waals surface area contributed by atoms with Gasteiger partial charge in [-0.2, -0.15) is 0 Å². The summed E-state index contributed by atoms with van der Waals surface area (Å²) in [6, 6.07) is 0. The summed E-state index contributed by atoms with van der Waals surface area (Å²) >= 11 is 6.74. The zero-order chi connectivity index (χ0) is 9.56. The van der Waals surface area contributed by atoms with Crippen LogP contribution in [0.15, 0.2) is 45.3 Å². The third-order valence-electron chi connectivity index (χ3n) is 1.20. The van der Waals surface area contributed by atoms with Gasteiger partial charge >= 0.3 is 0 Å². The molecule has 0 rings (SSSR count). The first-order valence-corrected chi connectivity index (χ1v) is 5.18. The van der Waals surface area contributed by atoms with Gasteiger partial charge in [0.05, 0.1) is 0 Å². The van der Waals surface area contributed by atoms with Gasteiger partial charge < -0.3 is 0 Å². The Labute approximate surface area is 91.8 Å². The normalized spacial score (nSPS) is 14.8. The number of hydrogen-bond donors (Lipinski definition) is 0. The van der Waals surface area contributed by atoms with Crippen molar-refractivity contribution >= 4 is 39.7 Å². The Kier molecular flexibility index (Phi) is 6.49. The monoisotopic (exact) mass is 288 g/mol. The number of hydrogen-bond acceptors (Lipinski definition) is 0. The molecule has 12 heavy (non-hydrogen) atoms. The fraction of sp³-hybridized carbons (Fsp3) is 0.111. The molecule has 0 spiro atoms. The molecule has 0 heterocycles.